The van der Waals surface area contributed by atoms with Crippen LogP contribution >= 0.6 is 0 Å². The summed E-state index contributed by atoms with van der Waals surface area (Å²) in [5.41, 5.74) is 1.94. The Bertz CT molecular complexity index is 607. The van der Waals surface area contributed by atoms with Gasteiger partial charge in [-0.15, -0.1) is 0 Å². The summed E-state index contributed by atoms with van der Waals surface area (Å²) < 4.78 is 11.9. The van der Waals surface area contributed by atoms with E-state index in [-0.39, 0.29) is 5.91 Å². The number of aromatic nitrogens is 3. The van der Waals surface area contributed by atoms with Crippen molar-refractivity contribution < 1.29 is 14.3 Å². The molecule has 21 heavy (non-hydrogen) atoms. The fraction of sp³-hybridized carbons (Fsp3) is 0.357. The third-order valence-corrected chi connectivity index (χ3v) is 3.01. The van der Waals surface area contributed by atoms with Gasteiger partial charge in [-0.2, -0.15) is 5.10 Å². The molecule has 7 nitrogen and oxygen atoms in total. The second-order valence-electron chi connectivity index (χ2n) is 4.45. The monoisotopic (exact) mass is 290 g/mol. The summed E-state index contributed by atoms with van der Waals surface area (Å²) in [5, 5.41) is 6.81. The van der Waals surface area contributed by atoms with Crippen LogP contribution in [0.3, 0.4) is 0 Å². The number of methoxy groups -OCH3 is 1. The molecule has 2 aromatic rings. The average molecular weight is 290 g/mol. The molecule has 2 heterocycles. The lowest BCUT2D eigenvalue weighted by atomic mass is 10.2. The van der Waals surface area contributed by atoms with Crippen LogP contribution in [-0.2, 0) is 11.8 Å². The minimum atomic E-state index is -0.213. The summed E-state index contributed by atoms with van der Waals surface area (Å²) in [4.78, 5) is 16.2. The topological polar surface area (TPSA) is 78.3 Å². The Labute approximate surface area is 122 Å². The molecule has 0 aliphatic rings. The summed E-state index contributed by atoms with van der Waals surface area (Å²) in [6, 6.07) is 3.43. The van der Waals surface area contributed by atoms with Gasteiger partial charge in [-0.1, -0.05) is 0 Å². The Kier molecular flexibility index (Phi) is 4.89. The van der Waals surface area contributed by atoms with Crippen LogP contribution in [0.1, 0.15) is 16.1 Å². The summed E-state index contributed by atoms with van der Waals surface area (Å²) in [6.45, 7) is 2.78. The van der Waals surface area contributed by atoms with E-state index in [4.69, 9.17) is 9.47 Å². The lowest BCUT2D eigenvalue weighted by Crippen LogP contribution is -2.13. The first kappa shape index (κ1) is 15.0. The second-order valence-corrected chi connectivity index (χ2v) is 4.45. The van der Waals surface area contributed by atoms with E-state index in [1.54, 1.807) is 43.4 Å². The van der Waals surface area contributed by atoms with Crippen molar-refractivity contribution in [1.29, 1.82) is 0 Å². The molecule has 1 N–H and O–H groups in total. The maximum absolute atomic E-state index is 12.1. The number of aryl methyl sites for hydroxylation is 1. The fourth-order valence-corrected chi connectivity index (χ4v) is 1.69. The number of rotatable bonds is 6. The van der Waals surface area contributed by atoms with Gasteiger partial charge in [0.05, 0.1) is 30.3 Å². The number of hydrogen-bond donors (Lipinski definition) is 1. The quantitative estimate of drug-likeness (QED) is 0.814. The molecule has 0 unspecified atom stereocenters. The van der Waals surface area contributed by atoms with Crippen molar-refractivity contribution in [3.05, 3.63) is 35.8 Å². The highest BCUT2D eigenvalue weighted by molar-refractivity contribution is 6.04. The van der Waals surface area contributed by atoms with Crippen molar-refractivity contribution in [2.75, 3.05) is 25.6 Å². The van der Waals surface area contributed by atoms with Crippen molar-refractivity contribution in [2.45, 2.75) is 6.92 Å². The van der Waals surface area contributed by atoms with Gasteiger partial charge in [0.15, 0.2) is 0 Å². The van der Waals surface area contributed by atoms with E-state index >= 15 is 0 Å². The van der Waals surface area contributed by atoms with Gasteiger partial charge in [0.1, 0.15) is 6.61 Å². The van der Waals surface area contributed by atoms with Gasteiger partial charge in [-0.25, -0.2) is 4.98 Å². The number of ether oxygens (including phenoxy) is 2. The predicted molar refractivity (Wildman–Crippen MR) is 77.5 cm³/mol. The van der Waals surface area contributed by atoms with Gasteiger partial charge in [0.2, 0.25) is 5.88 Å². The van der Waals surface area contributed by atoms with Gasteiger partial charge in [-0.3, -0.25) is 9.48 Å². The first-order valence-electron chi connectivity index (χ1n) is 6.49. The Morgan fingerprint density at radius 1 is 1.33 bits per heavy atom. The largest absolute Gasteiger partial charge is 0.475 e. The van der Waals surface area contributed by atoms with Gasteiger partial charge >= 0.3 is 0 Å². The zero-order valence-electron chi connectivity index (χ0n) is 12.3. The summed E-state index contributed by atoms with van der Waals surface area (Å²) in [5.74, 6) is 0.276. The molecule has 2 aromatic heterocycles. The fourth-order valence-electron chi connectivity index (χ4n) is 1.69. The molecular weight excluding hydrogens is 272 g/mol. The van der Waals surface area contributed by atoms with Crippen LogP contribution in [0.15, 0.2) is 24.5 Å². The molecule has 0 aliphatic carbocycles. The Balaban J connectivity index is 1.97. The van der Waals surface area contributed by atoms with E-state index in [1.807, 2.05) is 6.92 Å². The molecule has 0 radical (unpaired) electrons. The zero-order chi connectivity index (χ0) is 15.2. The summed E-state index contributed by atoms with van der Waals surface area (Å²) >= 11 is 0. The third kappa shape index (κ3) is 3.79. The predicted octanol–water partition coefficient (Wildman–Crippen LogP) is 1.40. The van der Waals surface area contributed by atoms with Crippen LogP contribution in [0.25, 0.3) is 0 Å². The standard InChI is InChI=1S/C14H18N4O3/c1-10-12(9-16-18(10)2)14(19)17-11-4-5-13(15-8-11)21-7-6-20-3/h4-5,8-9H,6-7H2,1-3H3,(H,17,19). The van der Waals surface area contributed by atoms with E-state index in [2.05, 4.69) is 15.4 Å². The number of hydrogen-bond acceptors (Lipinski definition) is 5. The SMILES string of the molecule is COCCOc1ccc(NC(=O)c2cnn(C)c2C)cn1. The van der Waals surface area contributed by atoms with Crippen molar-refractivity contribution in [1.82, 2.24) is 14.8 Å². The Morgan fingerprint density at radius 2 is 2.14 bits per heavy atom. The summed E-state index contributed by atoms with van der Waals surface area (Å²) in [6.07, 6.45) is 3.09. The van der Waals surface area contributed by atoms with E-state index in [9.17, 15) is 4.79 Å². The van der Waals surface area contributed by atoms with Crippen LogP contribution in [0.5, 0.6) is 5.88 Å². The van der Waals surface area contributed by atoms with Gasteiger partial charge in [0, 0.05) is 25.9 Å². The lowest BCUT2D eigenvalue weighted by molar-refractivity contribution is 0.102. The van der Waals surface area contributed by atoms with Crippen LogP contribution in [0.4, 0.5) is 5.69 Å². The number of carbonyl (C=O) groups is 1. The highest BCUT2D eigenvalue weighted by Crippen LogP contribution is 2.14. The number of carbonyl (C=O) groups excluding carboxylic acids is 1. The lowest BCUT2D eigenvalue weighted by Gasteiger charge is -2.07. The van der Waals surface area contributed by atoms with Crippen molar-refractivity contribution in [3.8, 4) is 5.88 Å². The van der Waals surface area contributed by atoms with Gasteiger partial charge in [-0.05, 0) is 13.0 Å². The van der Waals surface area contributed by atoms with E-state index in [0.717, 1.165) is 5.69 Å². The molecule has 0 aromatic carbocycles. The Morgan fingerprint density at radius 3 is 2.71 bits per heavy atom. The van der Waals surface area contributed by atoms with Gasteiger partial charge < -0.3 is 14.8 Å². The highest BCUT2D eigenvalue weighted by Gasteiger charge is 2.13. The number of anilines is 1. The van der Waals surface area contributed by atoms with Gasteiger partial charge in [0.25, 0.3) is 5.91 Å². The maximum Gasteiger partial charge on any atom is 0.259 e. The van der Waals surface area contributed by atoms with E-state index in [1.165, 1.54) is 0 Å². The van der Waals surface area contributed by atoms with Crippen LogP contribution in [-0.4, -0.2) is 41.0 Å². The molecule has 0 atom stereocenters. The average Bonchev–Trinajstić information content (AvgIpc) is 2.81. The molecule has 1 amide bonds. The van der Waals surface area contributed by atoms with Crippen molar-refractivity contribution in [2.24, 2.45) is 7.05 Å². The smallest absolute Gasteiger partial charge is 0.259 e. The van der Waals surface area contributed by atoms with Crippen LogP contribution in [0.2, 0.25) is 0 Å². The number of pyridine rings is 1. The van der Waals surface area contributed by atoms with Crippen LogP contribution in [0, 0.1) is 6.92 Å². The molecule has 0 aliphatic heterocycles. The second kappa shape index (κ2) is 6.85. The number of amides is 1. The molecule has 0 bridgehead atoms. The van der Waals surface area contributed by atoms with Crippen LogP contribution < -0.4 is 10.1 Å². The molecule has 0 saturated carbocycles. The summed E-state index contributed by atoms with van der Waals surface area (Å²) in [7, 11) is 3.40. The normalized spacial score (nSPS) is 10.4. The molecule has 0 saturated heterocycles. The van der Waals surface area contributed by atoms with Crippen molar-refractivity contribution >= 4 is 11.6 Å². The van der Waals surface area contributed by atoms with E-state index in [0.29, 0.717) is 30.3 Å². The molecular formula is C14H18N4O3. The maximum atomic E-state index is 12.1. The molecule has 112 valence electrons. The molecule has 7 heteroatoms. The first-order chi connectivity index (χ1) is 10.1. The molecule has 0 fully saturated rings. The highest BCUT2D eigenvalue weighted by atomic mass is 16.5. The molecule has 0 spiro atoms. The Hall–Kier alpha value is -2.41. The zero-order valence-corrected chi connectivity index (χ0v) is 12.3. The first-order valence-corrected chi connectivity index (χ1v) is 6.49. The minimum absolute atomic E-state index is 0.213. The van der Waals surface area contributed by atoms with Crippen molar-refractivity contribution in [3.63, 3.8) is 0 Å². The minimum Gasteiger partial charge on any atom is -0.475 e. The number of nitrogens with one attached hydrogen (secondary N) is 1. The third-order valence-electron chi connectivity index (χ3n) is 3.01. The number of nitrogens with zero attached hydrogens (tertiary/aromatic N) is 3. The van der Waals surface area contributed by atoms with E-state index < -0.39 is 0 Å². The molecule has 2 rings (SSSR count).